The highest BCUT2D eigenvalue weighted by Crippen LogP contribution is 2.38. The average Bonchev–Trinajstić information content (AvgIpc) is 2.01. The van der Waals surface area contributed by atoms with Crippen LogP contribution in [0.5, 0.6) is 0 Å². The van der Waals surface area contributed by atoms with Crippen LogP contribution < -0.4 is 5.73 Å². The average molecular weight is 183 g/mol. The second-order valence-electron chi connectivity index (χ2n) is 5.15. The Morgan fingerprint density at radius 2 is 2.15 bits per heavy atom. The van der Waals surface area contributed by atoms with Crippen LogP contribution in [0.15, 0.2) is 0 Å². The van der Waals surface area contributed by atoms with Crippen molar-refractivity contribution in [2.45, 2.75) is 52.5 Å². The van der Waals surface area contributed by atoms with Gasteiger partial charge >= 0.3 is 0 Å². The summed E-state index contributed by atoms with van der Waals surface area (Å²) >= 11 is 0. The van der Waals surface area contributed by atoms with E-state index in [0.717, 1.165) is 12.8 Å². The summed E-state index contributed by atoms with van der Waals surface area (Å²) in [5.41, 5.74) is 5.95. The summed E-state index contributed by atoms with van der Waals surface area (Å²) in [5.74, 6) is 0.483. The van der Waals surface area contributed by atoms with Gasteiger partial charge in [0.1, 0.15) is 0 Å². The van der Waals surface area contributed by atoms with Crippen molar-refractivity contribution in [1.82, 2.24) is 0 Å². The molecule has 2 heteroatoms. The van der Waals surface area contributed by atoms with E-state index in [2.05, 4.69) is 13.8 Å². The Morgan fingerprint density at radius 3 is 2.62 bits per heavy atom. The van der Waals surface area contributed by atoms with E-state index in [1.165, 1.54) is 12.8 Å². The van der Waals surface area contributed by atoms with Crippen molar-refractivity contribution in [3.63, 3.8) is 0 Å². The van der Waals surface area contributed by atoms with Crippen molar-refractivity contribution >= 4 is 5.78 Å². The first-order chi connectivity index (χ1) is 5.92. The lowest BCUT2D eigenvalue weighted by molar-refractivity contribution is -0.125. The summed E-state index contributed by atoms with van der Waals surface area (Å²) in [6.45, 7) is 6.28. The van der Waals surface area contributed by atoms with Crippen LogP contribution >= 0.6 is 0 Å². The molecule has 1 aliphatic rings. The second-order valence-corrected chi connectivity index (χ2v) is 5.15. The number of rotatable bonds is 2. The lowest BCUT2D eigenvalue weighted by Gasteiger charge is -2.35. The number of hydrogen-bond donors (Lipinski definition) is 1. The Bertz CT molecular complexity index is 196. The van der Waals surface area contributed by atoms with E-state index in [1.807, 2.05) is 0 Å². The number of carbonyl (C=O) groups excluding carboxylic acids is 1. The van der Waals surface area contributed by atoms with Crippen molar-refractivity contribution in [3.8, 4) is 0 Å². The Morgan fingerprint density at radius 1 is 1.54 bits per heavy atom. The third-order valence-electron chi connectivity index (χ3n) is 3.06. The highest BCUT2D eigenvalue weighted by atomic mass is 16.1. The van der Waals surface area contributed by atoms with Crippen LogP contribution in [0.4, 0.5) is 0 Å². The van der Waals surface area contributed by atoms with Crippen molar-refractivity contribution in [3.05, 3.63) is 0 Å². The van der Waals surface area contributed by atoms with Crippen molar-refractivity contribution in [2.24, 2.45) is 17.1 Å². The summed E-state index contributed by atoms with van der Waals surface area (Å²) in [5, 5.41) is 0. The van der Waals surface area contributed by atoms with Gasteiger partial charge < -0.3 is 5.73 Å². The predicted octanol–water partition coefficient (Wildman–Crippen LogP) is 2.12. The van der Waals surface area contributed by atoms with Gasteiger partial charge in [0.2, 0.25) is 0 Å². The minimum absolute atomic E-state index is 0.226. The SMILES string of the molecule is CC(N)C(=O)C1CCCC(C)(C)C1. The quantitative estimate of drug-likeness (QED) is 0.712. The maximum atomic E-state index is 11.7. The van der Waals surface area contributed by atoms with Gasteiger partial charge in [-0.2, -0.15) is 0 Å². The number of Topliss-reactive ketones (excluding diaryl/α,β-unsaturated/α-hetero) is 1. The smallest absolute Gasteiger partial charge is 0.152 e. The van der Waals surface area contributed by atoms with Gasteiger partial charge in [0.05, 0.1) is 6.04 Å². The predicted molar refractivity (Wildman–Crippen MR) is 54.4 cm³/mol. The zero-order valence-corrected chi connectivity index (χ0v) is 8.97. The van der Waals surface area contributed by atoms with Crippen LogP contribution in [0.1, 0.15) is 46.5 Å². The maximum Gasteiger partial charge on any atom is 0.152 e. The molecule has 13 heavy (non-hydrogen) atoms. The van der Waals surface area contributed by atoms with Crippen LogP contribution in [0.2, 0.25) is 0 Å². The molecule has 0 radical (unpaired) electrons. The molecule has 2 atom stereocenters. The molecule has 0 saturated heterocycles. The van der Waals surface area contributed by atoms with Gasteiger partial charge in [-0.3, -0.25) is 4.79 Å². The Kier molecular flexibility index (Phi) is 3.12. The standard InChI is InChI=1S/C11H21NO/c1-8(12)10(13)9-5-4-6-11(2,3)7-9/h8-9H,4-7,12H2,1-3H3. The summed E-state index contributed by atoms with van der Waals surface area (Å²) in [7, 11) is 0. The summed E-state index contributed by atoms with van der Waals surface area (Å²) < 4.78 is 0. The van der Waals surface area contributed by atoms with Gasteiger partial charge in [0.15, 0.2) is 5.78 Å². The van der Waals surface area contributed by atoms with E-state index < -0.39 is 0 Å². The zero-order chi connectivity index (χ0) is 10.1. The van der Waals surface area contributed by atoms with Gasteiger partial charge in [-0.1, -0.05) is 20.3 Å². The molecule has 2 nitrogen and oxygen atoms in total. The monoisotopic (exact) mass is 183 g/mol. The molecule has 0 amide bonds. The molecule has 1 rings (SSSR count). The lowest BCUT2D eigenvalue weighted by atomic mass is 9.70. The van der Waals surface area contributed by atoms with Crippen LogP contribution in [-0.2, 0) is 4.79 Å². The molecule has 1 aliphatic carbocycles. The van der Waals surface area contributed by atoms with E-state index in [4.69, 9.17) is 5.73 Å². The molecule has 2 N–H and O–H groups in total. The van der Waals surface area contributed by atoms with E-state index >= 15 is 0 Å². The Labute approximate surface area is 80.9 Å². The molecule has 2 unspecified atom stereocenters. The second kappa shape index (κ2) is 3.79. The van der Waals surface area contributed by atoms with Crippen molar-refractivity contribution < 1.29 is 4.79 Å². The van der Waals surface area contributed by atoms with E-state index in [1.54, 1.807) is 6.92 Å². The normalized spacial score (nSPS) is 29.7. The van der Waals surface area contributed by atoms with E-state index in [0.29, 0.717) is 5.41 Å². The number of nitrogens with two attached hydrogens (primary N) is 1. The topological polar surface area (TPSA) is 43.1 Å². The van der Waals surface area contributed by atoms with Crippen molar-refractivity contribution in [1.29, 1.82) is 0 Å². The molecule has 0 aliphatic heterocycles. The van der Waals surface area contributed by atoms with Gasteiger partial charge in [-0.25, -0.2) is 0 Å². The van der Waals surface area contributed by atoms with Gasteiger partial charge in [0, 0.05) is 5.92 Å². The summed E-state index contributed by atoms with van der Waals surface area (Å²) in [6, 6.07) is -0.279. The molecule has 0 bridgehead atoms. The van der Waals surface area contributed by atoms with E-state index in [-0.39, 0.29) is 17.7 Å². The van der Waals surface area contributed by atoms with Crippen LogP contribution in [0, 0.1) is 11.3 Å². The van der Waals surface area contributed by atoms with Crippen LogP contribution in [-0.4, -0.2) is 11.8 Å². The van der Waals surface area contributed by atoms with Gasteiger partial charge in [-0.05, 0) is 31.6 Å². The molecule has 1 fully saturated rings. The molecule has 0 heterocycles. The fraction of sp³-hybridized carbons (Fsp3) is 0.909. The first-order valence-corrected chi connectivity index (χ1v) is 5.22. The number of carbonyl (C=O) groups is 1. The Balaban J connectivity index is 2.57. The highest BCUT2D eigenvalue weighted by molar-refractivity contribution is 5.85. The summed E-state index contributed by atoms with van der Waals surface area (Å²) in [4.78, 5) is 11.7. The molecule has 0 aromatic heterocycles. The fourth-order valence-electron chi connectivity index (χ4n) is 2.31. The molecule has 1 saturated carbocycles. The minimum atomic E-state index is -0.279. The van der Waals surface area contributed by atoms with Gasteiger partial charge in [0.25, 0.3) is 0 Å². The molecule has 0 aromatic rings. The largest absolute Gasteiger partial charge is 0.322 e. The molecular weight excluding hydrogens is 162 g/mol. The molecule has 76 valence electrons. The molecule has 0 aromatic carbocycles. The lowest BCUT2D eigenvalue weighted by Crippen LogP contribution is -2.37. The highest BCUT2D eigenvalue weighted by Gasteiger charge is 2.32. The van der Waals surface area contributed by atoms with Crippen LogP contribution in [0.25, 0.3) is 0 Å². The first kappa shape index (κ1) is 10.7. The van der Waals surface area contributed by atoms with E-state index in [9.17, 15) is 4.79 Å². The third-order valence-corrected chi connectivity index (χ3v) is 3.06. The fourth-order valence-corrected chi connectivity index (χ4v) is 2.31. The Hall–Kier alpha value is -0.370. The summed E-state index contributed by atoms with van der Waals surface area (Å²) in [6.07, 6.45) is 4.49. The number of hydrogen-bond acceptors (Lipinski definition) is 2. The molecule has 0 spiro atoms. The first-order valence-electron chi connectivity index (χ1n) is 5.22. The third kappa shape index (κ3) is 2.80. The minimum Gasteiger partial charge on any atom is -0.322 e. The maximum absolute atomic E-state index is 11.7. The zero-order valence-electron chi connectivity index (χ0n) is 8.97. The number of ketones is 1. The van der Waals surface area contributed by atoms with Crippen LogP contribution in [0.3, 0.4) is 0 Å². The van der Waals surface area contributed by atoms with Crippen molar-refractivity contribution in [2.75, 3.05) is 0 Å². The van der Waals surface area contributed by atoms with Gasteiger partial charge in [-0.15, -0.1) is 0 Å². The molecular formula is C11H21NO.